The lowest BCUT2D eigenvalue weighted by molar-refractivity contribution is 0.414. The summed E-state index contributed by atoms with van der Waals surface area (Å²) < 4.78 is 5.68. The molecule has 2 aromatic carbocycles. The zero-order valence-electron chi connectivity index (χ0n) is 12.6. The van der Waals surface area contributed by atoms with Gasteiger partial charge < -0.3 is 9.73 Å². The maximum atomic E-state index is 5.68. The maximum absolute atomic E-state index is 5.68. The first-order valence-corrected chi connectivity index (χ1v) is 7.53. The molecule has 0 spiro atoms. The van der Waals surface area contributed by atoms with Gasteiger partial charge in [-0.25, -0.2) is 0 Å². The summed E-state index contributed by atoms with van der Waals surface area (Å²) in [5.74, 6) is 1.05. The molecule has 0 amide bonds. The fourth-order valence-corrected chi connectivity index (χ4v) is 2.85. The van der Waals surface area contributed by atoms with Crippen molar-refractivity contribution in [3.8, 4) is 0 Å². The predicted molar refractivity (Wildman–Crippen MR) is 87.5 cm³/mol. The number of nitrogens with one attached hydrogen (secondary N) is 1. The lowest BCUT2D eigenvalue weighted by Gasteiger charge is -2.17. The van der Waals surface area contributed by atoms with Crippen LogP contribution in [0.5, 0.6) is 0 Å². The van der Waals surface area contributed by atoms with Crippen molar-refractivity contribution in [2.45, 2.75) is 26.3 Å². The largest absolute Gasteiger partial charge is 0.467 e. The van der Waals surface area contributed by atoms with Crippen molar-refractivity contribution < 1.29 is 4.42 Å². The summed E-state index contributed by atoms with van der Waals surface area (Å²) in [5.41, 5.74) is 2.54. The smallest absolute Gasteiger partial charge is 0.123 e. The summed E-state index contributed by atoms with van der Waals surface area (Å²) in [6.45, 7) is 5.16. The van der Waals surface area contributed by atoms with E-state index >= 15 is 0 Å². The van der Waals surface area contributed by atoms with Gasteiger partial charge in [0.15, 0.2) is 0 Å². The summed E-state index contributed by atoms with van der Waals surface area (Å²) in [7, 11) is 0. The molecule has 0 bridgehead atoms. The molecule has 1 unspecified atom stereocenters. The monoisotopic (exact) mass is 279 g/mol. The zero-order valence-corrected chi connectivity index (χ0v) is 12.6. The SMILES string of the molecule is CCNC(Cc1ccc2ccccc2c1)c1occc1C. The molecule has 108 valence electrons. The van der Waals surface area contributed by atoms with Gasteiger partial charge in [0.05, 0.1) is 12.3 Å². The Bertz CT molecular complexity index is 729. The van der Waals surface area contributed by atoms with E-state index in [0.717, 1.165) is 18.7 Å². The minimum absolute atomic E-state index is 0.228. The minimum atomic E-state index is 0.228. The molecule has 1 atom stereocenters. The van der Waals surface area contributed by atoms with Crippen LogP contribution in [0.1, 0.15) is 29.9 Å². The lowest BCUT2D eigenvalue weighted by atomic mass is 9.99. The molecule has 2 heteroatoms. The highest BCUT2D eigenvalue weighted by Gasteiger charge is 2.16. The van der Waals surface area contributed by atoms with Crippen LogP contribution in [0.15, 0.2) is 59.2 Å². The summed E-state index contributed by atoms with van der Waals surface area (Å²) in [5, 5.41) is 6.11. The van der Waals surface area contributed by atoms with Crippen molar-refractivity contribution in [3.05, 3.63) is 71.7 Å². The number of furan rings is 1. The first-order valence-electron chi connectivity index (χ1n) is 7.53. The van der Waals surface area contributed by atoms with Gasteiger partial charge in [-0.2, -0.15) is 0 Å². The number of aryl methyl sites for hydroxylation is 1. The third-order valence-electron chi connectivity index (χ3n) is 3.92. The molecule has 21 heavy (non-hydrogen) atoms. The van der Waals surface area contributed by atoms with E-state index in [4.69, 9.17) is 4.42 Å². The molecule has 3 aromatic rings. The van der Waals surface area contributed by atoms with Crippen LogP contribution in [-0.2, 0) is 6.42 Å². The highest BCUT2D eigenvalue weighted by Crippen LogP contribution is 2.24. The van der Waals surface area contributed by atoms with Crippen molar-refractivity contribution in [1.82, 2.24) is 5.32 Å². The molecule has 0 radical (unpaired) electrons. The van der Waals surface area contributed by atoms with Gasteiger partial charge in [-0.3, -0.25) is 0 Å². The van der Waals surface area contributed by atoms with E-state index in [-0.39, 0.29) is 6.04 Å². The Morgan fingerprint density at radius 2 is 1.86 bits per heavy atom. The maximum Gasteiger partial charge on any atom is 0.123 e. The molecule has 0 fully saturated rings. The van der Waals surface area contributed by atoms with Crippen molar-refractivity contribution in [3.63, 3.8) is 0 Å². The number of benzene rings is 2. The Labute approximate surface area is 125 Å². The highest BCUT2D eigenvalue weighted by atomic mass is 16.3. The summed E-state index contributed by atoms with van der Waals surface area (Å²) in [6.07, 6.45) is 2.71. The second kappa shape index (κ2) is 6.15. The molecule has 2 nitrogen and oxygen atoms in total. The Morgan fingerprint density at radius 3 is 2.57 bits per heavy atom. The zero-order chi connectivity index (χ0) is 14.7. The van der Waals surface area contributed by atoms with Crippen molar-refractivity contribution in [2.75, 3.05) is 6.54 Å². The number of hydrogen-bond acceptors (Lipinski definition) is 2. The predicted octanol–water partition coefficient (Wildman–Crippen LogP) is 4.63. The van der Waals surface area contributed by atoms with E-state index in [9.17, 15) is 0 Å². The average molecular weight is 279 g/mol. The van der Waals surface area contributed by atoms with Crippen molar-refractivity contribution in [2.24, 2.45) is 0 Å². The second-order valence-electron chi connectivity index (χ2n) is 5.46. The molecular weight excluding hydrogens is 258 g/mol. The van der Waals surface area contributed by atoms with Gasteiger partial charge in [0.25, 0.3) is 0 Å². The van der Waals surface area contributed by atoms with E-state index in [1.54, 1.807) is 6.26 Å². The van der Waals surface area contributed by atoms with E-state index in [1.165, 1.54) is 21.9 Å². The van der Waals surface area contributed by atoms with Gasteiger partial charge in [0.1, 0.15) is 5.76 Å². The van der Waals surface area contributed by atoms with Gasteiger partial charge in [0.2, 0.25) is 0 Å². The topological polar surface area (TPSA) is 25.2 Å². The van der Waals surface area contributed by atoms with Crippen LogP contribution in [0.2, 0.25) is 0 Å². The van der Waals surface area contributed by atoms with Gasteiger partial charge >= 0.3 is 0 Å². The Kier molecular flexibility index (Phi) is 4.07. The third-order valence-corrected chi connectivity index (χ3v) is 3.92. The highest BCUT2D eigenvalue weighted by molar-refractivity contribution is 5.83. The van der Waals surface area contributed by atoms with Crippen LogP contribution in [0.3, 0.4) is 0 Å². The number of likely N-dealkylation sites (N-methyl/N-ethyl adjacent to an activating group) is 1. The average Bonchev–Trinajstić information content (AvgIpc) is 2.93. The van der Waals surface area contributed by atoms with E-state index in [0.29, 0.717) is 0 Å². The molecule has 0 saturated heterocycles. The van der Waals surface area contributed by atoms with Gasteiger partial charge in [0, 0.05) is 0 Å². The van der Waals surface area contributed by atoms with Gasteiger partial charge in [-0.1, -0.05) is 49.4 Å². The second-order valence-corrected chi connectivity index (χ2v) is 5.46. The fourth-order valence-electron chi connectivity index (χ4n) is 2.85. The van der Waals surface area contributed by atoms with Crippen LogP contribution >= 0.6 is 0 Å². The van der Waals surface area contributed by atoms with Crippen LogP contribution in [0.4, 0.5) is 0 Å². The molecular formula is C19H21NO. The molecule has 0 aliphatic heterocycles. The first-order chi connectivity index (χ1) is 10.3. The van der Waals surface area contributed by atoms with Crippen molar-refractivity contribution >= 4 is 10.8 Å². The summed E-state index contributed by atoms with van der Waals surface area (Å²) in [6, 6.07) is 17.4. The molecule has 0 saturated carbocycles. The quantitative estimate of drug-likeness (QED) is 0.736. The van der Waals surface area contributed by atoms with Crippen molar-refractivity contribution in [1.29, 1.82) is 0 Å². The molecule has 3 rings (SSSR count). The lowest BCUT2D eigenvalue weighted by Crippen LogP contribution is -2.23. The standard InChI is InChI=1S/C19H21NO/c1-3-20-18(19-14(2)10-11-21-19)13-15-8-9-16-6-4-5-7-17(16)12-15/h4-12,18,20H,3,13H2,1-2H3. The number of hydrogen-bond donors (Lipinski definition) is 1. The third kappa shape index (κ3) is 3.01. The van der Waals surface area contributed by atoms with Crippen LogP contribution in [0, 0.1) is 6.92 Å². The summed E-state index contributed by atoms with van der Waals surface area (Å²) in [4.78, 5) is 0. The molecule has 1 aromatic heterocycles. The normalized spacial score (nSPS) is 12.7. The molecule has 1 heterocycles. The molecule has 0 aliphatic rings. The van der Waals surface area contributed by atoms with Crippen LogP contribution in [0.25, 0.3) is 10.8 Å². The van der Waals surface area contributed by atoms with Crippen LogP contribution < -0.4 is 5.32 Å². The van der Waals surface area contributed by atoms with E-state index in [2.05, 4.69) is 61.6 Å². The number of rotatable bonds is 5. The molecule has 0 aliphatic carbocycles. The fraction of sp³-hybridized carbons (Fsp3) is 0.263. The van der Waals surface area contributed by atoms with E-state index in [1.807, 2.05) is 6.07 Å². The van der Waals surface area contributed by atoms with Gasteiger partial charge in [-0.15, -0.1) is 0 Å². The Hall–Kier alpha value is -2.06. The molecule has 1 N–H and O–H groups in total. The Balaban J connectivity index is 1.89. The van der Waals surface area contributed by atoms with Gasteiger partial charge in [-0.05, 0) is 47.9 Å². The minimum Gasteiger partial charge on any atom is -0.467 e. The van der Waals surface area contributed by atoms with Crippen LogP contribution in [-0.4, -0.2) is 6.54 Å². The Morgan fingerprint density at radius 1 is 1.05 bits per heavy atom. The summed E-state index contributed by atoms with van der Waals surface area (Å²) >= 11 is 0. The first kappa shape index (κ1) is 13.9. The number of fused-ring (bicyclic) bond motifs is 1. The van der Waals surface area contributed by atoms with E-state index < -0.39 is 0 Å².